The lowest BCUT2D eigenvalue weighted by molar-refractivity contribution is -0.254. The second kappa shape index (κ2) is 18.9. The van der Waals surface area contributed by atoms with Gasteiger partial charge in [-0.25, -0.2) is 4.79 Å². The molecule has 4 nitrogen and oxygen atoms in total. The molecule has 200 valence electrons. The van der Waals surface area contributed by atoms with E-state index in [1.807, 2.05) is 39.0 Å². The van der Waals surface area contributed by atoms with Gasteiger partial charge in [0, 0.05) is 17.8 Å². The number of anilines is 1. The van der Waals surface area contributed by atoms with E-state index in [1.165, 1.54) is 27.8 Å². The number of carboxylic acid groups (broad SMARTS) is 1. The molecule has 37 heavy (non-hydrogen) atoms. The highest BCUT2D eigenvalue weighted by Crippen LogP contribution is 2.14. The van der Waals surface area contributed by atoms with Crippen LogP contribution < -0.4 is 23.9 Å². The molecule has 0 heterocycles. The van der Waals surface area contributed by atoms with Gasteiger partial charge in [-0.05, 0) is 105 Å². The quantitative estimate of drug-likeness (QED) is 0.338. The third-order valence-electron chi connectivity index (χ3n) is 5.15. The lowest BCUT2D eigenvalue weighted by Gasteiger charge is -2.00. The highest BCUT2D eigenvalue weighted by atomic mass is 35.5. The first-order chi connectivity index (χ1) is 16.6. The Morgan fingerprint density at radius 1 is 0.757 bits per heavy atom. The van der Waals surface area contributed by atoms with Crippen LogP contribution in [-0.2, 0) is 4.79 Å². The Hall–Kier alpha value is -3.31. The van der Waals surface area contributed by atoms with E-state index in [-0.39, 0.29) is 24.8 Å². The van der Waals surface area contributed by atoms with Crippen LogP contribution in [0.5, 0.6) is 0 Å². The molecule has 0 unspecified atom stereocenters. The monoisotopic (exact) mass is 542 g/mol. The van der Waals surface area contributed by atoms with E-state index in [0.717, 1.165) is 22.9 Å². The summed E-state index contributed by atoms with van der Waals surface area (Å²) in [5.74, 6) is -0.948. The van der Waals surface area contributed by atoms with Gasteiger partial charge in [0.2, 0.25) is 0 Å². The predicted molar refractivity (Wildman–Crippen MR) is 159 cm³/mol. The van der Waals surface area contributed by atoms with Crippen molar-refractivity contribution in [2.45, 2.75) is 41.5 Å². The summed E-state index contributed by atoms with van der Waals surface area (Å²) in [5, 5.41) is 8.41. The molecule has 6 N–H and O–H groups in total. The smallest absolute Gasteiger partial charge is 0.328 e. The minimum absolute atomic E-state index is 0. The van der Waals surface area contributed by atoms with E-state index >= 15 is 0 Å². The number of aryl methyl sites for hydroxylation is 4. The molecule has 0 amide bonds. The highest BCUT2D eigenvalue weighted by Gasteiger charge is 1.96. The minimum Gasteiger partial charge on any atom is -1.00 e. The number of allylic oxidation sites excluding steroid dienone is 2. The maximum Gasteiger partial charge on any atom is 0.328 e. The van der Waals surface area contributed by atoms with Gasteiger partial charge in [0.1, 0.15) is 5.69 Å². The molecule has 0 radical (unpaired) electrons. The van der Waals surface area contributed by atoms with Crippen molar-refractivity contribution in [3.05, 3.63) is 112 Å². The van der Waals surface area contributed by atoms with Crippen molar-refractivity contribution in [3.63, 3.8) is 0 Å². The highest BCUT2D eigenvalue weighted by molar-refractivity contribution is 5.86. The fraction of sp³-hybridized carbons (Fsp3) is 0.194. The van der Waals surface area contributed by atoms with E-state index in [1.54, 1.807) is 18.2 Å². The summed E-state index contributed by atoms with van der Waals surface area (Å²) in [7, 11) is 0. The Kier molecular flexibility index (Phi) is 18.3. The van der Waals surface area contributed by atoms with Crippen molar-refractivity contribution in [2.24, 2.45) is 0 Å². The molecule has 0 aromatic heterocycles. The van der Waals surface area contributed by atoms with Gasteiger partial charge in [0.15, 0.2) is 0 Å². The van der Waals surface area contributed by atoms with Crippen LogP contribution in [0.25, 0.3) is 18.2 Å². The number of quaternary nitrogens is 1. The third-order valence-corrected chi connectivity index (χ3v) is 5.15. The number of carbonyl (C=O) groups is 1. The fourth-order valence-electron chi connectivity index (χ4n) is 3.34. The summed E-state index contributed by atoms with van der Waals surface area (Å²) in [6.45, 7) is 12.3. The van der Waals surface area contributed by atoms with Gasteiger partial charge < -0.3 is 29.0 Å². The second-order valence-corrected chi connectivity index (χ2v) is 8.34. The van der Waals surface area contributed by atoms with Crippen molar-refractivity contribution in [1.82, 2.24) is 0 Å². The number of nitrogen functional groups attached to an aromatic ring is 1. The van der Waals surface area contributed by atoms with Gasteiger partial charge in [-0.15, -0.1) is 12.4 Å². The molecule has 0 spiro atoms. The second-order valence-electron chi connectivity index (χ2n) is 8.34. The third kappa shape index (κ3) is 14.1. The van der Waals surface area contributed by atoms with Crippen molar-refractivity contribution in [1.29, 1.82) is 0 Å². The average Bonchev–Trinajstić information content (AvgIpc) is 2.78. The topological polar surface area (TPSA) is 91.0 Å². The van der Waals surface area contributed by atoms with Crippen LogP contribution in [0.4, 0.5) is 11.4 Å². The standard InChI is InChI=1S/C11H14.C10H11NO2.C10H13N.2ClH/c1-4-5-11-7-6-9(2)8-10(11)3;1-7-6-9(11)4-2-8(7)3-5-10(12)13;1-3-4-9-5-6-10(11)7-8(9)2;;/h4-8H,1-3H3;2-6H,11H2,1H3,(H,12,13);3-7H,11H2,1-2H3;2*1H/b5-4+;5-3+;4-3+;;. The molecular weight excluding hydrogens is 503 g/mol. The SMILES string of the molecule is C/C=C/c1ccc(C)cc1C.C/C=C/c1ccc([NH3+])cc1C.Cc1cc(N)ccc1/C=C/C(=O)O.Cl.[Cl-]. The van der Waals surface area contributed by atoms with E-state index in [2.05, 4.69) is 75.1 Å². The van der Waals surface area contributed by atoms with Crippen LogP contribution in [0.3, 0.4) is 0 Å². The molecule has 0 aliphatic heterocycles. The number of aliphatic carboxylic acids is 1. The van der Waals surface area contributed by atoms with Crippen molar-refractivity contribution >= 4 is 48.0 Å². The Labute approximate surface area is 234 Å². The Morgan fingerprint density at radius 2 is 1.22 bits per heavy atom. The molecule has 3 aromatic rings. The van der Waals surface area contributed by atoms with Gasteiger partial charge >= 0.3 is 5.97 Å². The van der Waals surface area contributed by atoms with E-state index in [4.69, 9.17) is 10.8 Å². The summed E-state index contributed by atoms with van der Waals surface area (Å²) < 4.78 is 0. The minimum atomic E-state index is -0.948. The van der Waals surface area contributed by atoms with Crippen molar-refractivity contribution in [3.8, 4) is 0 Å². The molecule has 3 aromatic carbocycles. The van der Waals surface area contributed by atoms with Crippen molar-refractivity contribution in [2.75, 3.05) is 5.73 Å². The maximum atomic E-state index is 10.2. The Bertz CT molecular complexity index is 1160. The molecule has 0 saturated carbocycles. The van der Waals surface area contributed by atoms with Crippen LogP contribution in [0.15, 0.2) is 72.8 Å². The lowest BCUT2D eigenvalue weighted by Crippen LogP contribution is -3.00. The zero-order chi connectivity index (χ0) is 26.4. The number of hydrogen-bond acceptors (Lipinski definition) is 2. The molecule has 0 bridgehead atoms. The lowest BCUT2D eigenvalue weighted by atomic mass is 10.1. The molecule has 0 saturated heterocycles. The first kappa shape index (κ1) is 35.8. The number of nitrogens with two attached hydrogens (primary N) is 1. The summed E-state index contributed by atoms with van der Waals surface area (Å²) in [6, 6.07) is 18.1. The molecule has 0 fully saturated rings. The Balaban J connectivity index is 0. The molecule has 0 aliphatic rings. The summed E-state index contributed by atoms with van der Waals surface area (Å²) >= 11 is 0. The Morgan fingerprint density at radius 3 is 1.68 bits per heavy atom. The summed E-state index contributed by atoms with van der Waals surface area (Å²) in [4.78, 5) is 10.2. The number of benzene rings is 3. The van der Waals surface area contributed by atoms with Gasteiger partial charge in [0.25, 0.3) is 0 Å². The van der Waals surface area contributed by atoms with Crippen LogP contribution in [0.2, 0.25) is 0 Å². The van der Waals surface area contributed by atoms with E-state index < -0.39 is 5.97 Å². The predicted octanol–water partition coefficient (Wildman–Crippen LogP) is 4.34. The number of hydrogen-bond donors (Lipinski definition) is 3. The molecule has 3 rings (SSSR count). The first-order valence-electron chi connectivity index (χ1n) is 11.6. The van der Waals surface area contributed by atoms with Crippen LogP contribution >= 0.6 is 12.4 Å². The zero-order valence-electron chi connectivity index (χ0n) is 22.6. The van der Waals surface area contributed by atoms with Crippen molar-refractivity contribution < 1.29 is 28.0 Å². The summed E-state index contributed by atoms with van der Waals surface area (Å²) in [5.41, 5.74) is 19.6. The molecule has 6 heteroatoms. The first-order valence-corrected chi connectivity index (χ1v) is 11.6. The zero-order valence-corrected chi connectivity index (χ0v) is 24.2. The normalized spacial score (nSPS) is 10.1. The van der Waals surface area contributed by atoms with Gasteiger partial charge in [-0.2, -0.15) is 0 Å². The van der Waals surface area contributed by atoms with E-state index in [9.17, 15) is 4.79 Å². The molecular formula is C31H40Cl2N2O2. The molecule has 0 atom stereocenters. The van der Waals surface area contributed by atoms with Gasteiger partial charge in [-0.1, -0.05) is 54.1 Å². The van der Waals surface area contributed by atoms with Crippen LogP contribution in [-0.4, -0.2) is 11.1 Å². The van der Waals surface area contributed by atoms with Gasteiger partial charge in [-0.3, -0.25) is 0 Å². The van der Waals surface area contributed by atoms with Crippen LogP contribution in [0, 0.1) is 27.7 Å². The number of carboxylic acids is 1. The fourth-order valence-corrected chi connectivity index (χ4v) is 3.34. The maximum absolute atomic E-state index is 10.2. The largest absolute Gasteiger partial charge is 1.00 e. The number of rotatable bonds is 4. The van der Waals surface area contributed by atoms with E-state index in [0.29, 0.717) is 5.69 Å². The average molecular weight is 544 g/mol. The van der Waals surface area contributed by atoms with Gasteiger partial charge in [0.05, 0.1) is 0 Å². The number of halogens is 2. The van der Waals surface area contributed by atoms with Crippen LogP contribution in [0.1, 0.15) is 52.8 Å². The molecule has 0 aliphatic carbocycles. The summed E-state index contributed by atoms with van der Waals surface area (Å²) in [6.07, 6.45) is 11.0.